The van der Waals surface area contributed by atoms with E-state index < -0.39 is 12.1 Å². The Labute approximate surface area is 161 Å². The molecule has 3 rings (SSSR count). The second-order valence-corrected chi connectivity index (χ2v) is 17.8. The van der Waals surface area contributed by atoms with Gasteiger partial charge in [-0.3, -0.25) is 0 Å². The Morgan fingerprint density at radius 3 is 1.38 bits per heavy atom. The summed E-state index contributed by atoms with van der Waals surface area (Å²) >= 11 is -3.29. The van der Waals surface area contributed by atoms with Crippen molar-refractivity contribution in [2.24, 2.45) is 0 Å². The van der Waals surface area contributed by atoms with Crippen LogP contribution in [0.1, 0.15) is 13.8 Å². The summed E-state index contributed by atoms with van der Waals surface area (Å²) in [5, 5.41) is -0.198. The number of carbonyl (C=O) groups is 1. The van der Waals surface area contributed by atoms with Crippen molar-refractivity contribution in [3.63, 3.8) is 0 Å². The van der Waals surface area contributed by atoms with Gasteiger partial charge in [0.2, 0.25) is 0 Å². The normalized spacial score (nSPS) is 11.3. The average Bonchev–Trinajstić information content (AvgIpc) is 2.67. The van der Waals surface area contributed by atoms with Crippen molar-refractivity contribution in [3.05, 3.63) is 91.0 Å². The second-order valence-electron chi connectivity index (χ2n) is 6.30. The van der Waals surface area contributed by atoms with Gasteiger partial charge in [-0.15, -0.1) is 0 Å². The van der Waals surface area contributed by atoms with Gasteiger partial charge in [0.1, 0.15) is 0 Å². The van der Waals surface area contributed by atoms with Crippen LogP contribution in [-0.2, 0) is 4.74 Å². The molecule has 0 radical (unpaired) electrons. The molecule has 0 aliphatic heterocycles. The molecule has 0 heterocycles. The fourth-order valence-corrected chi connectivity index (χ4v) is 16.4. The standard InChI is InChI=1S/C22H22GeO2S/c1-18(2)25-22(24)26-23(19-12-6-3-7-13-19,20-14-8-4-9-15-20)21-16-10-5-11-17-21/h3-18H,1-2H3. The molecule has 0 saturated carbocycles. The first-order chi connectivity index (χ1) is 12.6. The zero-order valence-corrected chi connectivity index (χ0v) is 17.9. The minimum absolute atomic E-state index is 0.127. The van der Waals surface area contributed by atoms with Crippen LogP contribution >= 0.6 is 10.1 Å². The van der Waals surface area contributed by atoms with Gasteiger partial charge in [0.25, 0.3) is 0 Å². The summed E-state index contributed by atoms with van der Waals surface area (Å²) in [6.45, 7) is 3.78. The van der Waals surface area contributed by atoms with E-state index in [0.29, 0.717) is 0 Å². The summed E-state index contributed by atoms with van der Waals surface area (Å²) < 4.78 is 9.24. The van der Waals surface area contributed by atoms with Gasteiger partial charge in [0.05, 0.1) is 0 Å². The van der Waals surface area contributed by atoms with Crippen molar-refractivity contribution in [3.8, 4) is 0 Å². The van der Waals surface area contributed by atoms with Crippen LogP contribution < -0.4 is 13.2 Å². The number of carbonyl (C=O) groups excluding carboxylic acids is 1. The molecule has 26 heavy (non-hydrogen) atoms. The summed E-state index contributed by atoms with van der Waals surface area (Å²) in [6.07, 6.45) is -0.127. The molecule has 3 aromatic carbocycles. The fraction of sp³-hybridized carbons (Fsp3) is 0.136. The van der Waals surface area contributed by atoms with Gasteiger partial charge in [-0.2, -0.15) is 0 Å². The molecule has 2 nitrogen and oxygen atoms in total. The molecule has 0 aromatic heterocycles. The molecule has 4 heteroatoms. The quantitative estimate of drug-likeness (QED) is 0.460. The van der Waals surface area contributed by atoms with Gasteiger partial charge in [0, 0.05) is 0 Å². The number of benzene rings is 3. The van der Waals surface area contributed by atoms with Crippen LogP contribution in [0.25, 0.3) is 0 Å². The van der Waals surface area contributed by atoms with Crippen LogP contribution in [0.15, 0.2) is 91.0 Å². The van der Waals surface area contributed by atoms with E-state index in [1.54, 1.807) is 0 Å². The zero-order chi connectivity index (χ0) is 18.4. The molecule has 3 aromatic rings. The monoisotopic (exact) mass is 424 g/mol. The first kappa shape index (κ1) is 18.8. The van der Waals surface area contributed by atoms with E-state index in [9.17, 15) is 4.79 Å². The zero-order valence-electron chi connectivity index (χ0n) is 15.0. The molecule has 0 aliphatic rings. The van der Waals surface area contributed by atoms with Crippen molar-refractivity contribution in [1.82, 2.24) is 0 Å². The van der Waals surface area contributed by atoms with Crippen LogP contribution in [0.2, 0.25) is 0 Å². The molecule has 0 bridgehead atoms. The fourth-order valence-electron chi connectivity index (χ4n) is 3.04. The van der Waals surface area contributed by atoms with E-state index in [-0.39, 0.29) is 11.4 Å². The van der Waals surface area contributed by atoms with Crippen molar-refractivity contribution in [2.45, 2.75) is 20.0 Å². The summed E-state index contributed by atoms with van der Waals surface area (Å²) in [5.74, 6) is 0. The van der Waals surface area contributed by atoms with Gasteiger partial charge < -0.3 is 0 Å². The van der Waals surface area contributed by atoms with Crippen LogP contribution in [0.5, 0.6) is 0 Å². The van der Waals surface area contributed by atoms with E-state index in [4.69, 9.17) is 4.74 Å². The van der Waals surface area contributed by atoms with E-state index in [0.717, 1.165) is 0 Å². The number of hydrogen-bond acceptors (Lipinski definition) is 3. The molecule has 132 valence electrons. The maximum atomic E-state index is 12.8. The number of rotatable bonds is 5. The molecule has 0 fully saturated rings. The molecule has 0 amide bonds. The van der Waals surface area contributed by atoms with E-state index >= 15 is 0 Å². The molecular formula is C22H22GeO2S. The topological polar surface area (TPSA) is 26.3 Å². The van der Waals surface area contributed by atoms with Crippen molar-refractivity contribution in [1.29, 1.82) is 0 Å². The second kappa shape index (κ2) is 8.60. The molecule has 0 N–H and O–H groups in total. The van der Waals surface area contributed by atoms with Gasteiger partial charge in [-0.05, 0) is 0 Å². The van der Waals surface area contributed by atoms with Gasteiger partial charge >= 0.3 is 161 Å². The Bertz CT molecular complexity index is 739. The minimum atomic E-state index is -3.29. The van der Waals surface area contributed by atoms with Crippen LogP contribution in [-0.4, -0.2) is 23.5 Å². The van der Waals surface area contributed by atoms with Crippen LogP contribution in [0.4, 0.5) is 4.79 Å². The molecule has 0 atom stereocenters. The Balaban J connectivity index is 2.23. The van der Waals surface area contributed by atoms with Crippen molar-refractivity contribution >= 4 is 40.7 Å². The van der Waals surface area contributed by atoms with E-state index in [2.05, 4.69) is 72.8 Å². The third-order valence-corrected chi connectivity index (χ3v) is 18.5. The first-order valence-electron chi connectivity index (χ1n) is 8.69. The predicted molar refractivity (Wildman–Crippen MR) is 113 cm³/mol. The van der Waals surface area contributed by atoms with Gasteiger partial charge in [-0.25, -0.2) is 0 Å². The Hall–Kier alpha value is -1.98. The summed E-state index contributed by atoms with van der Waals surface area (Å²) in [6, 6.07) is 31.3. The average molecular weight is 423 g/mol. The third kappa shape index (κ3) is 4.05. The molecular weight excluding hydrogens is 401 g/mol. The number of ether oxygens (including phenoxy) is 1. The van der Waals surface area contributed by atoms with E-state index in [1.807, 2.05) is 32.0 Å². The first-order valence-corrected chi connectivity index (χ1v) is 15.2. The molecule has 0 unspecified atom stereocenters. The summed E-state index contributed by atoms with van der Waals surface area (Å²) in [5.41, 5.74) is 0. The summed E-state index contributed by atoms with van der Waals surface area (Å²) in [7, 11) is 1.41. The van der Waals surface area contributed by atoms with Crippen molar-refractivity contribution < 1.29 is 9.53 Å². The summed E-state index contributed by atoms with van der Waals surface area (Å²) in [4.78, 5) is 12.8. The number of hydrogen-bond donors (Lipinski definition) is 0. The Kier molecular flexibility index (Phi) is 6.22. The molecule has 0 saturated heterocycles. The Morgan fingerprint density at radius 2 is 1.08 bits per heavy atom. The third-order valence-electron chi connectivity index (χ3n) is 4.11. The van der Waals surface area contributed by atoms with Gasteiger partial charge in [-0.1, -0.05) is 0 Å². The van der Waals surface area contributed by atoms with Crippen LogP contribution in [0, 0.1) is 0 Å². The molecule has 0 spiro atoms. The SMILES string of the molecule is CC(C)OC(=O)[S][Ge]([c]1ccccc1)([c]1ccccc1)[c]1ccccc1. The van der Waals surface area contributed by atoms with E-state index in [1.165, 1.54) is 23.3 Å². The maximum absolute atomic E-state index is 12.8. The Morgan fingerprint density at radius 1 is 0.731 bits per heavy atom. The molecule has 0 aliphatic carbocycles. The van der Waals surface area contributed by atoms with Crippen molar-refractivity contribution in [2.75, 3.05) is 0 Å². The predicted octanol–water partition coefficient (Wildman–Crippen LogP) is 3.93. The van der Waals surface area contributed by atoms with Gasteiger partial charge in [0.15, 0.2) is 0 Å². The van der Waals surface area contributed by atoms with Crippen LogP contribution in [0.3, 0.4) is 0 Å².